The molecular weight excluding hydrogens is 568 g/mol. The van der Waals surface area contributed by atoms with Gasteiger partial charge in [0.05, 0.1) is 25.0 Å². The number of phosphoric ester groups is 1. The molecule has 16 nitrogen and oxygen atoms in total. The molecule has 0 spiro atoms. The van der Waals surface area contributed by atoms with E-state index in [1.54, 1.807) is 4.98 Å². The van der Waals surface area contributed by atoms with E-state index >= 15 is 0 Å². The van der Waals surface area contributed by atoms with Gasteiger partial charge in [-0.15, -0.1) is 5.92 Å². The van der Waals surface area contributed by atoms with Crippen molar-refractivity contribution in [2.24, 2.45) is 5.92 Å². The standard InChI is InChI=1S/C14H19ClFN2O14P3/c1-3-4-14(15)8(6-19)10(29-12(14)18-5-9(16)11(20)17-13(18)21)7(2)30-34(25,26)32-35(27,28)31-33(22,23)24/h5,7-8,10,12,19H,6H2,1-2H3,(H,25,26)(H,27,28)(H,17,20,21)(H2,22,23,24)/t7-,8?,10-,12-,14?/m1/s1. The summed E-state index contributed by atoms with van der Waals surface area (Å²) in [5, 5.41) is 9.93. The quantitative estimate of drug-likeness (QED) is 0.126. The number of nitrogens with zero attached hydrogens (tertiary/aromatic N) is 1. The van der Waals surface area contributed by atoms with E-state index in [9.17, 15) is 42.6 Å². The Morgan fingerprint density at radius 3 is 2.37 bits per heavy atom. The molecule has 1 saturated heterocycles. The third kappa shape index (κ3) is 7.18. The topological polar surface area (TPSA) is 244 Å². The Kier molecular flexibility index (Phi) is 9.13. The molecule has 1 fully saturated rings. The molecule has 0 saturated carbocycles. The van der Waals surface area contributed by atoms with Crippen LogP contribution in [0.1, 0.15) is 20.1 Å². The van der Waals surface area contributed by atoms with Crippen LogP contribution in [0.2, 0.25) is 0 Å². The summed E-state index contributed by atoms with van der Waals surface area (Å²) in [6.45, 7) is 1.53. The lowest BCUT2D eigenvalue weighted by molar-refractivity contribution is -0.0669. The van der Waals surface area contributed by atoms with Gasteiger partial charge in [0.25, 0.3) is 5.56 Å². The van der Waals surface area contributed by atoms with Crippen LogP contribution in [-0.4, -0.2) is 57.9 Å². The SMILES string of the molecule is CC#CC1(Cl)C(CO)[C@@H]([C@@H](C)OP(=O)(O)OP(=O)(O)OP(=O)(O)O)O[C@H]1n1cc(F)c(=O)[nH]c1=O. The molecule has 0 amide bonds. The van der Waals surface area contributed by atoms with Crippen molar-refractivity contribution in [2.75, 3.05) is 6.61 Å². The molecule has 35 heavy (non-hydrogen) atoms. The van der Waals surface area contributed by atoms with E-state index in [4.69, 9.17) is 30.6 Å². The number of aliphatic hydroxyl groups is 1. The van der Waals surface area contributed by atoms with E-state index in [-0.39, 0.29) is 0 Å². The second-order valence-electron chi connectivity index (χ2n) is 6.93. The zero-order valence-electron chi connectivity index (χ0n) is 17.5. The number of aromatic nitrogens is 2. The lowest BCUT2D eigenvalue weighted by Crippen LogP contribution is -2.44. The van der Waals surface area contributed by atoms with E-state index < -0.39 is 76.4 Å². The number of halogens is 2. The minimum absolute atomic E-state index is 0.462. The Hall–Kier alpha value is -1.21. The van der Waals surface area contributed by atoms with Crippen molar-refractivity contribution in [3.05, 3.63) is 32.9 Å². The van der Waals surface area contributed by atoms with Crippen LogP contribution < -0.4 is 11.2 Å². The number of aromatic amines is 1. The minimum atomic E-state index is -5.82. The number of hydrogen-bond donors (Lipinski definition) is 6. The number of aliphatic hydroxyl groups excluding tert-OH is 1. The highest BCUT2D eigenvalue weighted by Gasteiger charge is 2.58. The molecule has 1 aromatic rings. The van der Waals surface area contributed by atoms with Crippen molar-refractivity contribution in [3.63, 3.8) is 0 Å². The summed E-state index contributed by atoms with van der Waals surface area (Å²) >= 11 is 6.55. The monoisotopic (exact) mass is 586 g/mol. The van der Waals surface area contributed by atoms with Crippen LogP contribution in [0.4, 0.5) is 4.39 Å². The summed E-state index contributed by atoms with van der Waals surface area (Å²) in [5.74, 6) is 2.20. The first-order valence-corrected chi connectivity index (χ1v) is 14.0. The summed E-state index contributed by atoms with van der Waals surface area (Å²) in [6, 6.07) is 0. The average Bonchev–Trinajstić information content (AvgIpc) is 2.93. The Labute approximate surface area is 200 Å². The fourth-order valence-corrected chi connectivity index (χ4v) is 6.90. The van der Waals surface area contributed by atoms with Crippen LogP contribution in [0.25, 0.3) is 0 Å². The average molecular weight is 587 g/mol. The maximum Gasteiger partial charge on any atom is 0.490 e. The van der Waals surface area contributed by atoms with Gasteiger partial charge in [-0.25, -0.2) is 18.5 Å². The summed E-state index contributed by atoms with van der Waals surface area (Å²) in [6.07, 6.45) is -4.44. The van der Waals surface area contributed by atoms with Crippen molar-refractivity contribution in [1.82, 2.24) is 9.55 Å². The number of hydrogen-bond acceptors (Lipinski definition) is 10. The molecule has 7 atom stereocenters. The molecule has 2 rings (SSSR count). The highest BCUT2D eigenvalue weighted by atomic mass is 35.5. The maximum absolute atomic E-state index is 13.9. The van der Waals surface area contributed by atoms with Crippen molar-refractivity contribution in [2.45, 2.75) is 37.2 Å². The lowest BCUT2D eigenvalue weighted by atomic mass is 9.87. The van der Waals surface area contributed by atoms with Gasteiger partial charge in [0.1, 0.15) is 0 Å². The zero-order valence-corrected chi connectivity index (χ0v) is 21.0. The Balaban J connectivity index is 2.42. The number of rotatable bonds is 9. The van der Waals surface area contributed by atoms with E-state index in [0.29, 0.717) is 10.8 Å². The van der Waals surface area contributed by atoms with E-state index in [0.717, 1.165) is 6.92 Å². The fourth-order valence-electron chi connectivity index (χ4n) is 3.26. The van der Waals surface area contributed by atoms with E-state index in [2.05, 4.69) is 20.5 Å². The zero-order chi connectivity index (χ0) is 27.0. The van der Waals surface area contributed by atoms with Crippen molar-refractivity contribution >= 4 is 35.1 Å². The first-order chi connectivity index (χ1) is 15.9. The van der Waals surface area contributed by atoms with Gasteiger partial charge in [0, 0.05) is 5.92 Å². The normalized spacial score (nSPS) is 29.0. The van der Waals surface area contributed by atoms with E-state index in [1.807, 2.05) is 0 Å². The highest BCUT2D eigenvalue weighted by molar-refractivity contribution is 7.66. The largest absolute Gasteiger partial charge is 0.490 e. The Bertz CT molecular complexity index is 1290. The lowest BCUT2D eigenvalue weighted by Gasteiger charge is -2.29. The van der Waals surface area contributed by atoms with E-state index in [1.165, 1.54) is 6.92 Å². The molecule has 1 aliphatic rings. The summed E-state index contributed by atoms with van der Waals surface area (Å²) in [4.78, 5) is 59.5. The molecule has 0 bridgehead atoms. The second kappa shape index (κ2) is 10.6. The van der Waals surface area contributed by atoms with Crippen molar-refractivity contribution < 1.29 is 60.6 Å². The van der Waals surface area contributed by atoms with Gasteiger partial charge in [-0.05, 0) is 13.8 Å². The van der Waals surface area contributed by atoms with Crippen LogP contribution >= 0.6 is 35.1 Å². The predicted octanol–water partition coefficient (Wildman–Crippen LogP) is -0.0857. The van der Waals surface area contributed by atoms with Crippen molar-refractivity contribution in [1.29, 1.82) is 0 Å². The third-order valence-electron chi connectivity index (χ3n) is 4.45. The third-order valence-corrected chi connectivity index (χ3v) is 8.94. The summed E-state index contributed by atoms with van der Waals surface area (Å²) in [7, 11) is -17.1. The molecule has 0 aromatic carbocycles. The van der Waals surface area contributed by atoms with Gasteiger partial charge in [-0.2, -0.15) is 13.0 Å². The number of H-pyrrole nitrogens is 1. The summed E-state index contributed by atoms with van der Waals surface area (Å²) < 4.78 is 66.4. The molecule has 21 heteroatoms. The fraction of sp³-hybridized carbons (Fsp3) is 0.571. The summed E-state index contributed by atoms with van der Waals surface area (Å²) in [5.41, 5.74) is -2.52. The number of ether oxygens (including phenoxy) is 1. The molecule has 198 valence electrons. The van der Waals surface area contributed by atoms with Gasteiger partial charge in [0.2, 0.25) is 5.82 Å². The molecule has 0 radical (unpaired) electrons. The van der Waals surface area contributed by atoms with Crippen LogP contribution in [0.5, 0.6) is 0 Å². The molecule has 1 aromatic heterocycles. The van der Waals surface area contributed by atoms with Gasteiger partial charge in [0.15, 0.2) is 11.1 Å². The smallest absolute Gasteiger partial charge is 0.396 e. The first kappa shape index (κ1) is 30.0. The molecule has 2 heterocycles. The Morgan fingerprint density at radius 2 is 1.86 bits per heavy atom. The highest BCUT2D eigenvalue weighted by Crippen LogP contribution is 2.67. The van der Waals surface area contributed by atoms with Gasteiger partial charge < -0.3 is 29.4 Å². The van der Waals surface area contributed by atoms with Crippen LogP contribution in [0.3, 0.4) is 0 Å². The molecule has 1 aliphatic heterocycles. The second-order valence-corrected chi connectivity index (χ2v) is 11.9. The molecule has 0 aliphatic carbocycles. The van der Waals surface area contributed by atoms with Crippen LogP contribution in [-0.2, 0) is 31.6 Å². The van der Waals surface area contributed by atoms with Crippen LogP contribution in [0, 0.1) is 23.6 Å². The Morgan fingerprint density at radius 1 is 1.26 bits per heavy atom. The van der Waals surface area contributed by atoms with Gasteiger partial charge >= 0.3 is 29.2 Å². The van der Waals surface area contributed by atoms with Gasteiger partial charge in [-0.1, -0.05) is 17.5 Å². The maximum atomic E-state index is 13.9. The van der Waals surface area contributed by atoms with Gasteiger partial charge in [-0.3, -0.25) is 18.9 Å². The minimum Gasteiger partial charge on any atom is -0.396 e. The number of alkyl halides is 1. The number of nitrogens with one attached hydrogen (secondary N) is 1. The molecule has 6 N–H and O–H groups in total. The molecular formula is C14H19ClFN2O14P3. The first-order valence-electron chi connectivity index (χ1n) is 9.08. The van der Waals surface area contributed by atoms with Crippen molar-refractivity contribution in [3.8, 4) is 11.8 Å². The van der Waals surface area contributed by atoms with Crippen LogP contribution in [0.15, 0.2) is 15.8 Å². The molecule has 4 unspecified atom stereocenters. The number of phosphoric acid groups is 3. The predicted molar refractivity (Wildman–Crippen MR) is 112 cm³/mol.